The van der Waals surface area contributed by atoms with E-state index >= 15 is 0 Å². The van der Waals surface area contributed by atoms with E-state index < -0.39 is 11.9 Å². The molecule has 0 radical (unpaired) electrons. The molecule has 0 unspecified atom stereocenters. The molecule has 1 fully saturated rings. The lowest BCUT2D eigenvalue weighted by Gasteiger charge is -2.27. The smallest absolute Gasteiger partial charge is 0.378 e. The molecule has 1 aliphatic rings. The van der Waals surface area contributed by atoms with Crippen molar-refractivity contribution in [3.8, 4) is 11.3 Å². The van der Waals surface area contributed by atoms with Gasteiger partial charge in [-0.2, -0.15) is 13.2 Å². The molecule has 1 aliphatic heterocycles. The molecule has 0 saturated carbocycles. The summed E-state index contributed by atoms with van der Waals surface area (Å²) in [4.78, 5) is 9.66. The van der Waals surface area contributed by atoms with Crippen LogP contribution in [0.2, 0.25) is 5.02 Å². The SMILES string of the molecule is FC(F)(F)c1cc(-c2ccc(Cl)cc2)nc(N2CCOCC2)n1. The minimum absolute atomic E-state index is 0.0630. The highest BCUT2D eigenvalue weighted by Crippen LogP contribution is 2.32. The van der Waals surface area contributed by atoms with Gasteiger partial charge in [-0.25, -0.2) is 9.97 Å². The molecule has 8 heteroatoms. The second-order valence-corrected chi connectivity index (χ2v) is 5.48. The van der Waals surface area contributed by atoms with Gasteiger partial charge < -0.3 is 9.64 Å². The second-order valence-electron chi connectivity index (χ2n) is 5.04. The molecule has 0 aliphatic carbocycles. The van der Waals surface area contributed by atoms with Crippen molar-refractivity contribution in [1.29, 1.82) is 0 Å². The molecule has 3 rings (SSSR count). The number of rotatable bonds is 2. The first kappa shape index (κ1) is 16.0. The molecule has 23 heavy (non-hydrogen) atoms. The first-order valence-electron chi connectivity index (χ1n) is 6.98. The number of alkyl halides is 3. The Bertz CT molecular complexity index is 685. The van der Waals surface area contributed by atoms with E-state index in [-0.39, 0.29) is 11.6 Å². The molecule has 0 amide bonds. The summed E-state index contributed by atoms with van der Waals surface area (Å²) in [6.07, 6.45) is -4.54. The number of aromatic nitrogens is 2. The molecule has 0 atom stereocenters. The summed E-state index contributed by atoms with van der Waals surface area (Å²) < 4.78 is 44.6. The van der Waals surface area contributed by atoms with Gasteiger partial charge in [-0.15, -0.1) is 0 Å². The molecule has 0 bridgehead atoms. The van der Waals surface area contributed by atoms with Gasteiger partial charge in [-0.1, -0.05) is 23.7 Å². The molecule has 4 nitrogen and oxygen atoms in total. The summed E-state index contributed by atoms with van der Waals surface area (Å²) >= 11 is 5.82. The van der Waals surface area contributed by atoms with E-state index in [0.717, 1.165) is 6.07 Å². The Morgan fingerprint density at radius 2 is 1.70 bits per heavy atom. The summed E-state index contributed by atoms with van der Waals surface area (Å²) in [6.45, 7) is 1.80. The summed E-state index contributed by atoms with van der Waals surface area (Å²) in [7, 11) is 0. The first-order valence-corrected chi connectivity index (χ1v) is 7.36. The number of ether oxygens (including phenoxy) is 1. The standard InChI is InChI=1S/C15H13ClF3N3O/c16-11-3-1-10(2-4-11)12-9-13(15(17,18)19)21-14(20-12)22-5-7-23-8-6-22/h1-4,9H,5-8H2. The van der Waals surface area contributed by atoms with Crippen molar-refractivity contribution in [2.24, 2.45) is 0 Å². The Labute approximate surface area is 135 Å². The highest BCUT2D eigenvalue weighted by molar-refractivity contribution is 6.30. The second kappa shape index (κ2) is 6.33. The summed E-state index contributed by atoms with van der Waals surface area (Å²) in [5, 5.41) is 0.507. The zero-order valence-electron chi connectivity index (χ0n) is 12.0. The minimum Gasteiger partial charge on any atom is -0.378 e. The van der Waals surface area contributed by atoms with Crippen LogP contribution in [0.3, 0.4) is 0 Å². The summed E-state index contributed by atoms with van der Waals surface area (Å²) in [6, 6.07) is 7.44. The van der Waals surface area contributed by atoms with E-state index in [1.165, 1.54) is 0 Å². The van der Waals surface area contributed by atoms with Crippen LogP contribution in [0.1, 0.15) is 5.69 Å². The zero-order chi connectivity index (χ0) is 16.4. The predicted octanol–water partition coefficient (Wildman–Crippen LogP) is 3.65. The lowest BCUT2D eigenvalue weighted by molar-refractivity contribution is -0.141. The number of morpholine rings is 1. The van der Waals surface area contributed by atoms with Crippen LogP contribution in [0, 0.1) is 0 Å². The average molecular weight is 344 g/mol. The lowest BCUT2D eigenvalue weighted by Crippen LogP contribution is -2.37. The molecule has 0 spiro atoms. The number of halogens is 4. The number of benzene rings is 1. The molecule has 122 valence electrons. The maximum Gasteiger partial charge on any atom is 0.433 e. The van der Waals surface area contributed by atoms with Crippen LogP contribution in [-0.2, 0) is 10.9 Å². The number of anilines is 1. The Kier molecular flexibility index (Phi) is 4.41. The summed E-state index contributed by atoms with van der Waals surface area (Å²) in [5.74, 6) is 0.0630. The van der Waals surface area contributed by atoms with Gasteiger partial charge in [-0.05, 0) is 18.2 Å². The van der Waals surface area contributed by atoms with Gasteiger partial charge in [0.1, 0.15) is 0 Å². The average Bonchev–Trinajstić information content (AvgIpc) is 2.55. The van der Waals surface area contributed by atoms with E-state index in [2.05, 4.69) is 9.97 Å². The van der Waals surface area contributed by atoms with Gasteiger partial charge >= 0.3 is 6.18 Å². The van der Waals surface area contributed by atoms with E-state index in [0.29, 0.717) is 36.9 Å². The van der Waals surface area contributed by atoms with Crippen LogP contribution in [0.25, 0.3) is 11.3 Å². The third kappa shape index (κ3) is 3.73. The molecule has 0 N–H and O–H groups in total. The van der Waals surface area contributed by atoms with E-state index in [1.807, 2.05) is 0 Å². The zero-order valence-corrected chi connectivity index (χ0v) is 12.7. The molecule has 1 aromatic heterocycles. The van der Waals surface area contributed by atoms with Crippen molar-refractivity contribution in [2.75, 3.05) is 31.2 Å². The number of hydrogen-bond donors (Lipinski definition) is 0. The van der Waals surface area contributed by atoms with Crippen LogP contribution in [0.5, 0.6) is 0 Å². The Hall–Kier alpha value is -1.86. The van der Waals surface area contributed by atoms with Crippen LogP contribution in [-0.4, -0.2) is 36.3 Å². The molecular formula is C15H13ClF3N3O. The monoisotopic (exact) mass is 343 g/mol. The fraction of sp³-hybridized carbons (Fsp3) is 0.333. The van der Waals surface area contributed by atoms with Crippen LogP contribution >= 0.6 is 11.6 Å². The van der Waals surface area contributed by atoms with Gasteiger partial charge in [0.2, 0.25) is 5.95 Å². The minimum atomic E-state index is -4.54. The maximum atomic E-state index is 13.1. The normalized spacial score (nSPS) is 15.7. The fourth-order valence-electron chi connectivity index (χ4n) is 2.25. The lowest BCUT2D eigenvalue weighted by atomic mass is 10.1. The summed E-state index contributed by atoms with van der Waals surface area (Å²) in [5.41, 5.74) is -0.193. The molecule has 2 aromatic rings. The Morgan fingerprint density at radius 1 is 1.04 bits per heavy atom. The van der Waals surface area contributed by atoms with E-state index in [1.54, 1.807) is 29.2 Å². The third-order valence-corrected chi connectivity index (χ3v) is 3.69. The number of nitrogens with zero attached hydrogens (tertiary/aromatic N) is 3. The van der Waals surface area contributed by atoms with E-state index in [4.69, 9.17) is 16.3 Å². The highest BCUT2D eigenvalue weighted by Gasteiger charge is 2.34. The molecular weight excluding hydrogens is 331 g/mol. The third-order valence-electron chi connectivity index (χ3n) is 3.44. The van der Waals surface area contributed by atoms with E-state index in [9.17, 15) is 13.2 Å². The van der Waals surface area contributed by atoms with Crippen molar-refractivity contribution in [1.82, 2.24) is 9.97 Å². The quantitative estimate of drug-likeness (QED) is 0.834. The van der Waals surface area contributed by atoms with Crippen molar-refractivity contribution >= 4 is 17.5 Å². The largest absolute Gasteiger partial charge is 0.433 e. The van der Waals surface area contributed by atoms with Crippen LogP contribution in [0.15, 0.2) is 30.3 Å². The van der Waals surface area contributed by atoms with Crippen molar-refractivity contribution in [3.63, 3.8) is 0 Å². The fourth-order valence-corrected chi connectivity index (χ4v) is 2.38. The molecule has 1 aromatic carbocycles. The van der Waals surface area contributed by atoms with Crippen LogP contribution < -0.4 is 4.90 Å². The maximum absolute atomic E-state index is 13.1. The van der Waals surface area contributed by atoms with Gasteiger partial charge in [0.25, 0.3) is 0 Å². The Balaban J connectivity index is 2.05. The first-order chi connectivity index (χ1) is 10.9. The van der Waals surface area contributed by atoms with Crippen molar-refractivity contribution < 1.29 is 17.9 Å². The molecule has 2 heterocycles. The highest BCUT2D eigenvalue weighted by atomic mass is 35.5. The number of hydrogen-bond acceptors (Lipinski definition) is 4. The van der Waals surface area contributed by atoms with Crippen LogP contribution in [0.4, 0.5) is 19.1 Å². The van der Waals surface area contributed by atoms with Gasteiger partial charge in [0, 0.05) is 23.7 Å². The van der Waals surface area contributed by atoms with Crippen molar-refractivity contribution in [2.45, 2.75) is 6.18 Å². The van der Waals surface area contributed by atoms with Gasteiger partial charge in [0.05, 0.1) is 18.9 Å². The topological polar surface area (TPSA) is 38.2 Å². The Morgan fingerprint density at radius 3 is 2.30 bits per heavy atom. The van der Waals surface area contributed by atoms with Gasteiger partial charge in [-0.3, -0.25) is 0 Å². The van der Waals surface area contributed by atoms with Crippen molar-refractivity contribution in [3.05, 3.63) is 41.0 Å². The predicted molar refractivity (Wildman–Crippen MR) is 80.5 cm³/mol. The molecule has 1 saturated heterocycles. The van der Waals surface area contributed by atoms with Gasteiger partial charge in [0.15, 0.2) is 5.69 Å².